The number of anilines is 1. The number of azide groups is 2. The quantitative estimate of drug-likeness (QED) is 0.403. The summed E-state index contributed by atoms with van der Waals surface area (Å²) in [6.07, 6.45) is 0. The summed E-state index contributed by atoms with van der Waals surface area (Å²) < 4.78 is 5.65. The van der Waals surface area contributed by atoms with Gasteiger partial charge in [0.2, 0.25) is 0 Å². The average Bonchev–Trinajstić information content (AvgIpc) is 2.57. The third-order valence-electron chi connectivity index (χ3n) is 3.14. The molecule has 8 nitrogen and oxygen atoms in total. The van der Waals surface area contributed by atoms with E-state index in [1.165, 1.54) is 0 Å². The molecule has 0 aliphatic heterocycles. The molecule has 0 amide bonds. The molecular weight excluding hydrogens is 294 g/mol. The molecule has 0 heterocycles. The summed E-state index contributed by atoms with van der Waals surface area (Å²) in [5.74, 6) is 0.717. The fourth-order valence-electron chi connectivity index (χ4n) is 1.92. The predicted octanol–water partition coefficient (Wildman–Crippen LogP) is 5.09. The second-order valence-electron chi connectivity index (χ2n) is 4.66. The van der Waals surface area contributed by atoms with E-state index in [0.29, 0.717) is 30.3 Å². The average molecular weight is 309 g/mol. The molecule has 0 aliphatic rings. The standard InChI is InChI=1S/C15H15N7O/c1-22(14-6-2-12(3-7-14)18-20-16)10-11-23-15-8-4-13(5-9-15)19-21-17/h2-9H,10-11H2,1H3. The van der Waals surface area contributed by atoms with E-state index in [0.717, 1.165) is 5.69 Å². The van der Waals surface area contributed by atoms with Crippen LogP contribution in [0.25, 0.3) is 20.9 Å². The largest absolute Gasteiger partial charge is 0.492 e. The topological polar surface area (TPSA) is 110 Å². The lowest BCUT2D eigenvalue weighted by Crippen LogP contribution is -2.23. The van der Waals surface area contributed by atoms with E-state index in [2.05, 4.69) is 20.1 Å². The summed E-state index contributed by atoms with van der Waals surface area (Å²) in [6, 6.07) is 14.2. The fraction of sp³-hybridized carbons (Fsp3) is 0.200. The van der Waals surface area contributed by atoms with Crippen molar-refractivity contribution in [1.29, 1.82) is 0 Å². The molecule has 0 atom stereocenters. The normalized spacial score (nSPS) is 9.43. The molecule has 2 aromatic carbocycles. The van der Waals surface area contributed by atoms with E-state index in [1.807, 2.05) is 24.1 Å². The molecule has 0 spiro atoms. The van der Waals surface area contributed by atoms with Crippen molar-refractivity contribution in [3.05, 3.63) is 69.4 Å². The molecule has 0 aromatic heterocycles. The highest BCUT2D eigenvalue weighted by Crippen LogP contribution is 2.20. The highest BCUT2D eigenvalue weighted by Gasteiger charge is 2.01. The van der Waals surface area contributed by atoms with Crippen molar-refractivity contribution in [3.8, 4) is 5.75 Å². The minimum atomic E-state index is 0.509. The van der Waals surface area contributed by atoms with Gasteiger partial charge >= 0.3 is 0 Å². The highest BCUT2D eigenvalue weighted by atomic mass is 16.5. The highest BCUT2D eigenvalue weighted by molar-refractivity contribution is 5.52. The van der Waals surface area contributed by atoms with Crippen LogP contribution in [0.5, 0.6) is 5.75 Å². The summed E-state index contributed by atoms with van der Waals surface area (Å²) in [7, 11) is 1.96. The number of ether oxygens (including phenoxy) is 1. The first kappa shape index (κ1) is 16.0. The minimum Gasteiger partial charge on any atom is -0.492 e. The number of nitrogens with zero attached hydrogens (tertiary/aromatic N) is 7. The molecule has 2 aromatic rings. The predicted molar refractivity (Wildman–Crippen MR) is 89.3 cm³/mol. The SMILES string of the molecule is CN(CCOc1ccc(N=[N+]=[N-])cc1)c1ccc(N=[N+]=[N-])cc1. The molecule has 8 heteroatoms. The van der Waals surface area contributed by atoms with Crippen LogP contribution in [0.2, 0.25) is 0 Å². The molecule has 23 heavy (non-hydrogen) atoms. The van der Waals surface area contributed by atoms with E-state index < -0.39 is 0 Å². The van der Waals surface area contributed by atoms with Gasteiger partial charge in [0.25, 0.3) is 0 Å². The van der Waals surface area contributed by atoms with Crippen molar-refractivity contribution in [3.63, 3.8) is 0 Å². The van der Waals surface area contributed by atoms with Crippen molar-refractivity contribution < 1.29 is 4.74 Å². The van der Waals surface area contributed by atoms with Crippen LogP contribution in [0.4, 0.5) is 17.1 Å². The molecule has 0 fully saturated rings. The Kier molecular flexibility index (Phi) is 5.71. The number of hydrogen-bond donors (Lipinski definition) is 0. The van der Waals surface area contributed by atoms with E-state index in [9.17, 15) is 0 Å². The molecule has 0 unspecified atom stereocenters. The Morgan fingerprint density at radius 3 is 1.96 bits per heavy atom. The van der Waals surface area contributed by atoms with Crippen molar-refractivity contribution in [2.45, 2.75) is 0 Å². The molecule has 0 radical (unpaired) electrons. The summed E-state index contributed by atoms with van der Waals surface area (Å²) >= 11 is 0. The van der Waals surface area contributed by atoms with Gasteiger partial charge in [-0.05, 0) is 47.5 Å². The van der Waals surface area contributed by atoms with E-state index in [4.69, 9.17) is 15.8 Å². The van der Waals surface area contributed by atoms with Crippen LogP contribution in [-0.2, 0) is 0 Å². The monoisotopic (exact) mass is 309 g/mol. The third kappa shape index (κ3) is 4.86. The van der Waals surface area contributed by atoms with Crippen LogP contribution in [0.15, 0.2) is 58.8 Å². The maximum Gasteiger partial charge on any atom is 0.119 e. The lowest BCUT2D eigenvalue weighted by molar-refractivity contribution is 0.326. The minimum absolute atomic E-state index is 0.509. The molecule has 0 saturated heterocycles. The van der Waals surface area contributed by atoms with Gasteiger partial charge in [-0.3, -0.25) is 0 Å². The first-order valence-electron chi connectivity index (χ1n) is 6.87. The number of likely N-dealkylation sites (N-methyl/N-ethyl adjacent to an activating group) is 1. The van der Waals surface area contributed by atoms with E-state index >= 15 is 0 Å². The Balaban J connectivity index is 1.85. The van der Waals surface area contributed by atoms with Crippen molar-refractivity contribution in [2.75, 3.05) is 25.1 Å². The van der Waals surface area contributed by atoms with E-state index in [-0.39, 0.29) is 0 Å². The van der Waals surface area contributed by atoms with Gasteiger partial charge in [0.15, 0.2) is 0 Å². The molecule has 2 rings (SSSR count). The first-order valence-corrected chi connectivity index (χ1v) is 6.87. The Bertz CT molecular complexity index is 729. The molecule has 0 aliphatic carbocycles. The molecule has 0 N–H and O–H groups in total. The summed E-state index contributed by atoms with van der Waals surface area (Å²) in [5, 5.41) is 7.04. The van der Waals surface area contributed by atoms with Gasteiger partial charge < -0.3 is 9.64 Å². The van der Waals surface area contributed by atoms with Crippen molar-refractivity contribution in [2.24, 2.45) is 10.2 Å². The molecule has 0 saturated carbocycles. The van der Waals surface area contributed by atoms with Gasteiger partial charge in [0, 0.05) is 33.9 Å². The van der Waals surface area contributed by atoms with Gasteiger partial charge in [-0.15, -0.1) is 0 Å². The zero-order valence-electron chi connectivity index (χ0n) is 12.6. The second kappa shape index (κ2) is 8.19. The Morgan fingerprint density at radius 1 is 0.913 bits per heavy atom. The second-order valence-corrected chi connectivity index (χ2v) is 4.66. The smallest absolute Gasteiger partial charge is 0.119 e. The Morgan fingerprint density at radius 2 is 1.43 bits per heavy atom. The summed E-state index contributed by atoms with van der Waals surface area (Å²) in [6.45, 7) is 1.20. The van der Waals surface area contributed by atoms with Crippen LogP contribution in [-0.4, -0.2) is 20.2 Å². The Labute approximate surface area is 133 Å². The maximum atomic E-state index is 8.38. The molecular formula is C15H15N7O. The Hall–Kier alpha value is -3.34. The number of rotatable bonds is 7. The fourth-order valence-corrected chi connectivity index (χ4v) is 1.92. The van der Waals surface area contributed by atoms with Gasteiger partial charge in [0.05, 0.1) is 6.54 Å². The van der Waals surface area contributed by atoms with E-state index in [1.54, 1.807) is 36.4 Å². The lowest BCUT2D eigenvalue weighted by Gasteiger charge is -2.19. The van der Waals surface area contributed by atoms with Crippen LogP contribution >= 0.6 is 0 Å². The van der Waals surface area contributed by atoms with Crippen LogP contribution in [0.3, 0.4) is 0 Å². The van der Waals surface area contributed by atoms with Gasteiger partial charge in [0.1, 0.15) is 12.4 Å². The number of benzene rings is 2. The first-order chi connectivity index (χ1) is 11.2. The lowest BCUT2D eigenvalue weighted by atomic mass is 10.2. The van der Waals surface area contributed by atoms with Crippen LogP contribution in [0, 0.1) is 0 Å². The maximum absolute atomic E-state index is 8.38. The third-order valence-corrected chi connectivity index (χ3v) is 3.14. The van der Waals surface area contributed by atoms with Crippen LogP contribution in [0.1, 0.15) is 0 Å². The van der Waals surface area contributed by atoms with Crippen LogP contribution < -0.4 is 9.64 Å². The molecule has 0 bridgehead atoms. The van der Waals surface area contributed by atoms with Crippen molar-refractivity contribution in [1.82, 2.24) is 0 Å². The summed E-state index contributed by atoms with van der Waals surface area (Å²) in [5.41, 5.74) is 18.9. The van der Waals surface area contributed by atoms with Gasteiger partial charge in [-0.1, -0.05) is 22.4 Å². The zero-order chi connectivity index (χ0) is 16.5. The van der Waals surface area contributed by atoms with Crippen molar-refractivity contribution >= 4 is 17.1 Å². The zero-order valence-corrected chi connectivity index (χ0v) is 12.6. The van der Waals surface area contributed by atoms with Gasteiger partial charge in [-0.2, -0.15) is 0 Å². The number of hydrogen-bond acceptors (Lipinski definition) is 4. The molecule has 116 valence electrons. The van der Waals surface area contributed by atoms with Gasteiger partial charge in [-0.25, -0.2) is 0 Å². The summed E-state index contributed by atoms with van der Waals surface area (Å²) in [4.78, 5) is 7.51.